The molecule has 1 N–H and O–H groups in total. The minimum Gasteiger partial charge on any atom is -0.455 e. The second-order valence-electron chi connectivity index (χ2n) is 8.40. The summed E-state index contributed by atoms with van der Waals surface area (Å²) >= 11 is 0. The molecule has 0 spiro atoms. The molecule has 0 aromatic carbocycles. The van der Waals surface area contributed by atoms with Gasteiger partial charge in [0.2, 0.25) is 0 Å². The minimum atomic E-state index is -0.539. The lowest BCUT2D eigenvalue weighted by atomic mass is 9.75. The highest BCUT2D eigenvalue weighted by molar-refractivity contribution is 5.93. The molecule has 1 aliphatic carbocycles. The summed E-state index contributed by atoms with van der Waals surface area (Å²) in [5, 5.41) is 10.5. The van der Waals surface area contributed by atoms with Crippen molar-refractivity contribution < 1.29 is 14.3 Å². The van der Waals surface area contributed by atoms with Crippen LogP contribution in [0.5, 0.6) is 0 Å². The van der Waals surface area contributed by atoms with E-state index in [2.05, 4.69) is 25.8 Å². The first-order valence-electron chi connectivity index (χ1n) is 8.95. The predicted octanol–water partition coefficient (Wildman–Crippen LogP) is 2.76. The van der Waals surface area contributed by atoms with Crippen LogP contribution >= 0.6 is 0 Å². The van der Waals surface area contributed by atoms with Crippen LogP contribution in [0.3, 0.4) is 0 Å². The van der Waals surface area contributed by atoms with Gasteiger partial charge in [-0.3, -0.25) is 4.79 Å². The quantitative estimate of drug-likeness (QED) is 0.903. The van der Waals surface area contributed by atoms with Crippen molar-refractivity contribution in [3.05, 3.63) is 22.6 Å². The van der Waals surface area contributed by atoms with Crippen LogP contribution in [0.15, 0.2) is 4.42 Å². The molecule has 1 aliphatic heterocycles. The molecule has 5 nitrogen and oxygen atoms in total. The molecule has 2 aliphatic rings. The number of hydrogen-bond acceptors (Lipinski definition) is 4. The second-order valence-corrected chi connectivity index (χ2v) is 8.40. The Bertz CT molecular complexity index is 627. The SMILES string of the molecule is Cc1c(C(=O)N(C)C2CCN(C)CC2)oc2c1[C@H](O)CC(C)(C)C2. The first-order chi connectivity index (χ1) is 11.2. The van der Waals surface area contributed by atoms with E-state index in [1.54, 1.807) is 0 Å². The second kappa shape index (κ2) is 6.19. The molecule has 2 heterocycles. The molecule has 0 saturated carbocycles. The maximum Gasteiger partial charge on any atom is 0.289 e. The average molecular weight is 334 g/mol. The molecule has 1 aromatic rings. The molecule has 0 bridgehead atoms. The summed E-state index contributed by atoms with van der Waals surface area (Å²) in [5.74, 6) is 1.15. The maximum atomic E-state index is 13.0. The summed E-state index contributed by atoms with van der Waals surface area (Å²) in [6.45, 7) is 8.19. The molecule has 1 saturated heterocycles. The van der Waals surface area contributed by atoms with Crippen LogP contribution in [0.1, 0.15) is 66.7 Å². The lowest BCUT2D eigenvalue weighted by molar-refractivity contribution is 0.0620. The van der Waals surface area contributed by atoms with Crippen molar-refractivity contribution >= 4 is 5.91 Å². The van der Waals surface area contributed by atoms with Gasteiger partial charge in [-0.25, -0.2) is 0 Å². The van der Waals surface area contributed by atoms with Gasteiger partial charge in [-0.1, -0.05) is 13.8 Å². The first-order valence-corrected chi connectivity index (χ1v) is 8.95. The van der Waals surface area contributed by atoms with Crippen molar-refractivity contribution in [2.45, 2.75) is 58.6 Å². The fourth-order valence-corrected chi connectivity index (χ4v) is 4.20. The Balaban J connectivity index is 1.84. The lowest BCUT2D eigenvalue weighted by Crippen LogP contribution is -2.44. The fourth-order valence-electron chi connectivity index (χ4n) is 4.20. The van der Waals surface area contributed by atoms with Gasteiger partial charge in [0.15, 0.2) is 5.76 Å². The zero-order valence-electron chi connectivity index (χ0n) is 15.6. The van der Waals surface area contributed by atoms with Gasteiger partial charge in [-0.15, -0.1) is 0 Å². The Morgan fingerprint density at radius 2 is 1.96 bits per heavy atom. The largest absolute Gasteiger partial charge is 0.455 e. The highest BCUT2D eigenvalue weighted by Crippen LogP contribution is 2.44. The Labute approximate surface area is 144 Å². The average Bonchev–Trinajstić information content (AvgIpc) is 2.82. The van der Waals surface area contributed by atoms with E-state index in [0.717, 1.165) is 49.2 Å². The third-order valence-corrected chi connectivity index (χ3v) is 5.74. The van der Waals surface area contributed by atoms with E-state index in [1.807, 2.05) is 18.9 Å². The number of likely N-dealkylation sites (tertiary alicyclic amines) is 1. The number of fused-ring (bicyclic) bond motifs is 1. The molecule has 134 valence electrons. The number of rotatable bonds is 2. The molecule has 1 fully saturated rings. The van der Waals surface area contributed by atoms with Gasteiger partial charge >= 0.3 is 0 Å². The summed E-state index contributed by atoms with van der Waals surface area (Å²) in [6.07, 6.45) is 2.93. The van der Waals surface area contributed by atoms with Crippen molar-refractivity contribution in [3.8, 4) is 0 Å². The predicted molar refractivity (Wildman–Crippen MR) is 93.1 cm³/mol. The Morgan fingerprint density at radius 1 is 1.33 bits per heavy atom. The van der Waals surface area contributed by atoms with E-state index in [9.17, 15) is 9.90 Å². The van der Waals surface area contributed by atoms with Crippen molar-refractivity contribution in [2.75, 3.05) is 27.2 Å². The molecule has 1 aromatic heterocycles. The maximum absolute atomic E-state index is 13.0. The smallest absolute Gasteiger partial charge is 0.289 e. The lowest BCUT2D eigenvalue weighted by Gasteiger charge is -2.34. The summed E-state index contributed by atoms with van der Waals surface area (Å²) in [7, 11) is 3.99. The van der Waals surface area contributed by atoms with Crippen LogP contribution < -0.4 is 0 Å². The molecule has 5 heteroatoms. The van der Waals surface area contributed by atoms with Gasteiger partial charge in [0.05, 0.1) is 6.10 Å². The fraction of sp³-hybridized carbons (Fsp3) is 0.737. The third-order valence-electron chi connectivity index (χ3n) is 5.74. The normalized spacial score (nSPS) is 24.7. The molecule has 1 amide bonds. The third kappa shape index (κ3) is 3.11. The number of carbonyl (C=O) groups is 1. The number of carbonyl (C=O) groups excluding carboxylic acids is 1. The molecule has 0 radical (unpaired) electrons. The highest BCUT2D eigenvalue weighted by Gasteiger charge is 2.38. The number of aliphatic hydroxyl groups excluding tert-OH is 1. The number of hydrogen-bond donors (Lipinski definition) is 1. The highest BCUT2D eigenvalue weighted by atomic mass is 16.4. The van der Waals surface area contributed by atoms with Gasteiger partial charge < -0.3 is 19.3 Å². The van der Waals surface area contributed by atoms with Crippen molar-refractivity contribution in [2.24, 2.45) is 5.41 Å². The van der Waals surface area contributed by atoms with Gasteiger partial charge in [-0.2, -0.15) is 0 Å². The van der Waals surface area contributed by atoms with E-state index in [-0.39, 0.29) is 17.4 Å². The van der Waals surface area contributed by atoms with Crippen LogP contribution in [0, 0.1) is 12.3 Å². The van der Waals surface area contributed by atoms with E-state index in [4.69, 9.17) is 4.42 Å². The molecule has 1 atom stereocenters. The molecule has 24 heavy (non-hydrogen) atoms. The van der Waals surface area contributed by atoms with Gasteiger partial charge in [0.25, 0.3) is 5.91 Å². The molecule has 3 rings (SSSR count). The Kier molecular flexibility index (Phi) is 4.51. The van der Waals surface area contributed by atoms with Crippen molar-refractivity contribution in [3.63, 3.8) is 0 Å². The van der Waals surface area contributed by atoms with Crippen LogP contribution in [-0.2, 0) is 6.42 Å². The number of aliphatic hydroxyl groups is 1. The van der Waals surface area contributed by atoms with Crippen LogP contribution in [-0.4, -0.2) is 54.0 Å². The van der Waals surface area contributed by atoms with Crippen LogP contribution in [0.4, 0.5) is 0 Å². The van der Waals surface area contributed by atoms with E-state index < -0.39 is 6.10 Å². The summed E-state index contributed by atoms with van der Waals surface area (Å²) in [5.41, 5.74) is 1.66. The van der Waals surface area contributed by atoms with Gasteiger partial charge in [0.1, 0.15) is 5.76 Å². The van der Waals surface area contributed by atoms with Gasteiger partial charge in [0, 0.05) is 30.6 Å². The standard InChI is InChI=1S/C19H30N2O3/c1-12-16-14(22)10-19(2,3)11-15(16)24-17(12)18(23)21(5)13-6-8-20(4)9-7-13/h13-14,22H,6-11H2,1-5H3/t14-/m1/s1. The van der Waals surface area contributed by atoms with Crippen LogP contribution in [0.2, 0.25) is 0 Å². The van der Waals surface area contributed by atoms with E-state index in [1.165, 1.54) is 0 Å². The number of amides is 1. The topological polar surface area (TPSA) is 56.9 Å². The number of nitrogens with zero attached hydrogens (tertiary/aromatic N) is 2. The van der Waals surface area contributed by atoms with Crippen molar-refractivity contribution in [1.29, 1.82) is 0 Å². The monoisotopic (exact) mass is 334 g/mol. The van der Waals surface area contributed by atoms with Crippen molar-refractivity contribution in [1.82, 2.24) is 9.80 Å². The summed E-state index contributed by atoms with van der Waals surface area (Å²) in [6, 6.07) is 0.261. The number of piperidine rings is 1. The van der Waals surface area contributed by atoms with Gasteiger partial charge in [-0.05, 0) is 51.7 Å². The summed E-state index contributed by atoms with van der Waals surface area (Å²) < 4.78 is 5.98. The zero-order valence-corrected chi connectivity index (χ0v) is 15.6. The van der Waals surface area contributed by atoms with Crippen LogP contribution in [0.25, 0.3) is 0 Å². The minimum absolute atomic E-state index is 0.00309. The Hall–Kier alpha value is -1.33. The van der Waals surface area contributed by atoms with E-state index in [0.29, 0.717) is 12.2 Å². The molecular formula is C19H30N2O3. The molecular weight excluding hydrogens is 304 g/mol. The molecule has 0 unspecified atom stereocenters. The number of furan rings is 1. The summed E-state index contributed by atoms with van der Waals surface area (Å²) in [4.78, 5) is 17.1. The van der Waals surface area contributed by atoms with E-state index >= 15 is 0 Å². The zero-order chi connectivity index (χ0) is 17.6. The first kappa shape index (κ1) is 17.5. The Morgan fingerprint density at radius 3 is 2.58 bits per heavy atom.